The quantitative estimate of drug-likeness (QED) is 0.801. The zero-order valence-corrected chi connectivity index (χ0v) is 9.79. The highest BCUT2D eigenvalue weighted by atomic mass is 15.1. The molecular weight excluding hydrogens is 186 g/mol. The van der Waals surface area contributed by atoms with E-state index in [2.05, 4.69) is 34.9 Å². The van der Waals surface area contributed by atoms with E-state index in [1.807, 2.05) is 6.20 Å². The molecule has 1 N–H and O–H groups in total. The van der Waals surface area contributed by atoms with Crippen LogP contribution in [0.5, 0.6) is 0 Å². The molecule has 1 aromatic heterocycles. The van der Waals surface area contributed by atoms with Gasteiger partial charge in [0.05, 0.1) is 0 Å². The molecule has 1 aliphatic rings. The van der Waals surface area contributed by atoms with Crippen LogP contribution in [0.3, 0.4) is 0 Å². The Bertz CT molecular complexity index is 307. The van der Waals surface area contributed by atoms with Crippen LogP contribution in [0.2, 0.25) is 0 Å². The van der Waals surface area contributed by atoms with Gasteiger partial charge in [0.2, 0.25) is 0 Å². The fourth-order valence-corrected chi connectivity index (χ4v) is 2.34. The van der Waals surface area contributed by atoms with Crippen LogP contribution in [-0.4, -0.2) is 21.6 Å². The number of aryl methyl sites for hydroxylation is 1. The first kappa shape index (κ1) is 10.7. The number of hydrogen-bond acceptors (Lipinski definition) is 2. The average molecular weight is 207 g/mol. The van der Waals surface area contributed by atoms with Crippen LogP contribution in [0.4, 0.5) is 0 Å². The lowest BCUT2D eigenvalue weighted by Gasteiger charge is -2.42. The SMILES string of the molecule is CCC1(NCCn2ccnc2C)CCC1. The van der Waals surface area contributed by atoms with E-state index in [1.165, 1.54) is 25.7 Å². The molecule has 0 aliphatic heterocycles. The molecule has 2 rings (SSSR count). The van der Waals surface area contributed by atoms with Gasteiger partial charge in [0.1, 0.15) is 5.82 Å². The molecule has 0 aromatic carbocycles. The van der Waals surface area contributed by atoms with Gasteiger partial charge in [-0.1, -0.05) is 6.92 Å². The van der Waals surface area contributed by atoms with Gasteiger partial charge in [0, 0.05) is 31.0 Å². The highest BCUT2D eigenvalue weighted by molar-refractivity contribution is 4.95. The summed E-state index contributed by atoms with van der Waals surface area (Å²) in [6, 6.07) is 0. The number of aromatic nitrogens is 2. The van der Waals surface area contributed by atoms with E-state index in [0.717, 1.165) is 18.9 Å². The molecule has 3 nitrogen and oxygen atoms in total. The fourth-order valence-electron chi connectivity index (χ4n) is 2.34. The van der Waals surface area contributed by atoms with Gasteiger partial charge in [-0.3, -0.25) is 0 Å². The highest BCUT2D eigenvalue weighted by Gasteiger charge is 2.33. The zero-order valence-electron chi connectivity index (χ0n) is 9.79. The van der Waals surface area contributed by atoms with Crippen LogP contribution in [0.25, 0.3) is 0 Å². The third kappa shape index (κ3) is 2.23. The Kier molecular flexibility index (Phi) is 3.10. The summed E-state index contributed by atoms with van der Waals surface area (Å²) in [5.74, 6) is 1.11. The number of rotatable bonds is 5. The Morgan fingerprint density at radius 1 is 1.53 bits per heavy atom. The van der Waals surface area contributed by atoms with Crippen LogP contribution in [-0.2, 0) is 6.54 Å². The minimum absolute atomic E-state index is 0.467. The zero-order chi connectivity index (χ0) is 10.7. The molecule has 0 amide bonds. The third-order valence-electron chi connectivity index (χ3n) is 3.76. The van der Waals surface area contributed by atoms with E-state index in [1.54, 1.807) is 0 Å². The number of nitrogens with one attached hydrogen (secondary N) is 1. The third-order valence-corrected chi connectivity index (χ3v) is 3.76. The van der Waals surface area contributed by atoms with E-state index in [-0.39, 0.29) is 0 Å². The van der Waals surface area contributed by atoms with E-state index < -0.39 is 0 Å². The van der Waals surface area contributed by atoms with Gasteiger partial charge in [0.15, 0.2) is 0 Å². The minimum Gasteiger partial charge on any atom is -0.334 e. The lowest BCUT2D eigenvalue weighted by molar-refractivity contribution is 0.176. The summed E-state index contributed by atoms with van der Waals surface area (Å²) >= 11 is 0. The van der Waals surface area contributed by atoms with Crippen molar-refractivity contribution in [2.24, 2.45) is 0 Å². The molecular formula is C12H21N3. The maximum absolute atomic E-state index is 4.22. The number of nitrogens with zero attached hydrogens (tertiary/aromatic N) is 2. The lowest BCUT2D eigenvalue weighted by Crippen LogP contribution is -2.51. The Morgan fingerprint density at radius 2 is 2.33 bits per heavy atom. The maximum Gasteiger partial charge on any atom is 0.105 e. The van der Waals surface area contributed by atoms with Crippen molar-refractivity contribution in [1.82, 2.24) is 14.9 Å². The second-order valence-electron chi connectivity index (χ2n) is 4.58. The smallest absolute Gasteiger partial charge is 0.105 e. The normalized spacial score (nSPS) is 18.8. The molecule has 0 unspecified atom stereocenters. The van der Waals surface area contributed by atoms with Crippen molar-refractivity contribution in [3.8, 4) is 0 Å². The van der Waals surface area contributed by atoms with Crippen molar-refractivity contribution in [2.75, 3.05) is 6.54 Å². The molecule has 15 heavy (non-hydrogen) atoms. The van der Waals surface area contributed by atoms with Gasteiger partial charge in [-0.2, -0.15) is 0 Å². The monoisotopic (exact) mass is 207 g/mol. The summed E-state index contributed by atoms with van der Waals surface area (Å²) in [6.07, 6.45) is 9.28. The van der Waals surface area contributed by atoms with Gasteiger partial charge in [0.25, 0.3) is 0 Å². The second-order valence-corrected chi connectivity index (χ2v) is 4.58. The number of hydrogen-bond donors (Lipinski definition) is 1. The predicted octanol–water partition coefficient (Wildman–Crippen LogP) is 2.11. The Labute approximate surface area is 91.9 Å². The predicted molar refractivity (Wildman–Crippen MR) is 61.8 cm³/mol. The summed E-state index contributed by atoms with van der Waals surface area (Å²) in [5.41, 5.74) is 0.467. The molecule has 0 spiro atoms. The molecule has 0 bridgehead atoms. The Hall–Kier alpha value is -0.830. The van der Waals surface area contributed by atoms with Crippen molar-refractivity contribution in [1.29, 1.82) is 0 Å². The topological polar surface area (TPSA) is 29.9 Å². The first-order valence-corrected chi connectivity index (χ1v) is 5.98. The van der Waals surface area contributed by atoms with Gasteiger partial charge in [-0.25, -0.2) is 4.98 Å². The molecule has 84 valence electrons. The summed E-state index contributed by atoms with van der Waals surface area (Å²) < 4.78 is 2.20. The van der Waals surface area contributed by atoms with Gasteiger partial charge < -0.3 is 9.88 Å². The highest BCUT2D eigenvalue weighted by Crippen LogP contribution is 2.34. The van der Waals surface area contributed by atoms with E-state index >= 15 is 0 Å². The van der Waals surface area contributed by atoms with Crippen molar-refractivity contribution in [2.45, 2.75) is 51.6 Å². The molecule has 3 heteroatoms. The standard InChI is InChI=1S/C12H21N3/c1-3-12(5-4-6-12)14-8-10-15-9-7-13-11(15)2/h7,9,14H,3-6,8,10H2,1-2H3. The molecule has 1 heterocycles. The largest absolute Gasteiger partial charge is 0.334 e. The minimum atomic E-state index is 0.467. The van der Waals surface area contributed by atoms with Crippen LogP contribution in [0.1, 0.15) is 38.4 Å². The van der Waals surface area contributed by atoms with Crippen LogP contribution in [0, 0.1) is 6.92 Å². The van der Waals surface area contributed by atoms with Gasteiger partial charge in [-0.05, 0) is 32.6 Å². The van der Waals surface area contributed by atoms with Crippen LogP contribution < -0.4 is 5.32 Å². The molecule has 1 saturated carbocycles. The molecule has 0 saturated heterocycles. The second kappa shape index (κ2) is 4.35. The van der Waals surface area contributed by atoms with E-state index in [4.69, 9.17) is 0 Å². The summed E-state index contributed by atoms with van der Waals surface area (Å²) in [7, 11) is 0. The maximum atomic E-state index is 4.22. The van der Waals surface area contributed by atoms with Crippen molar-refractivity contribution in [3.05, 3.63) is 18.2 Å². The first-order chi connectivity index (χ1) is 7.26. The van der Waals surface area contributed by atoms with E-state index in [9.17, 15) is 0 Å². The molecule has 1 fully saturated rings. The molecule has 1 aromatic rings. The summed E-state index contributed by atoms with van der Waals surface area (Å²) in [5, 5.41) is 3.70. The number of imidazole rings is 1. The average Bonchev–Trinajstić information content (AvgIpc) is 2.57. The Morgan fingerprint density at radius 3 is 2.80 bits per heavy atom. The van der Waals surface area contributed by atoms with Gasteiger partial charge >= 0.3 is 0 Å². The van der Waals surface area contributed by atoms with Crippen molar-refractivity contribution >= 4 is 0 Å². The van der Waals surface area contributed by atoms with Gasteiger partial charge in [-0.15, -0.1) is 0 Å². The first-order valence-electron chi connectivity index (χ1n) is 5.98. The molecule has 1 aliphatic carbocycles. The molecule has 0 atom stereocenters. The fraction of sp³-hybridized carbons (Fsp3) is 0.750. The van der Waals surface area contributed by atoms with Crippen LogP contribution in [0.15, 0.2) is 12.4 Å². The lowest BCUT2D eigenvalue weighted by atomic mass is 9.75. The summed E-state index contributed by atoms with van der Waals surface area (Å²) in [6.45, 7) is 6.44. The molecule has 0 radical (unpaired) electrons. The Balaban J connectivity index is 1.77. The van der Waals surface area contributed by atoms with Crippen LogP contribution >= 0.6 is 0 Å². The summed E-state index contributed by atoms with van der Waals surface area (Å²) in [4.78, 5) is 4.22. The van der Waals surface area contributed by atoms with Crippen molar-refractivity contribution in [3.63, 3.8) is 0 Å². The van der Waals surface area contributed by atoms with Crippen molar-refractivity contribution < 1.29 is 0 Å². The van der Waals surface area contributed by atoms with E-state index in [0.29, 0.717) is 5.54 Å².